The molecule has 0 saturated heterocycles. The van der Waals surface area contributed by atoms with Gasteiger partial charge in [0.25, 0.3) is 0 Å². The van der Waals surface area contributed by atoms with Crippen molar-refractivity contribution in [2.24, 2.45) is 0 Å². The third-order valence-electron chi connectivity index (χ3n) is 6.71. The Labute approximate surface area is 209 Å². The number of hydrogen-bond donors (Lipinski definition) is 1. The van der Waals surface area contributed by atoms with Crippen LogP contribution in [0.15, 0.2) is 36.4 Å². The normalized spacial score (nSPS) is 14.9. The van der Waals surface area contributed by atoms with Gasteiger partial charge in [0.15, 0.2) is 0 Å². The first-order chi connectivity index (χ1) is 15.1. The van der Waals surface area contributed by atoms with E-state index in [-0.39, 0.29) is 21.7 Å². The Morgan fingerprint density at radius 2 is 0.882 bits per heavy atom. The molecule has 0 bridgehead atoms. The van der Waals surface area contributed by atoms with Crippen LogP contribution in [-0.2, 0) is 36.3 Å². The average Bonchev–Trinajstić information content (AvgIpc) is 2.63. The Morgan fingerprint density at radius 3 is 1.12 bits per heavy atom. The predicted molar refractivity (Wildman–Crippen MR) is 146 cm³/mol. The van der Waals surface area contributed by atoms with E-state index < -0.39 is 13.9 Å². The fourth-order valence-electron chi connectivity index (χ4n) is 4.52. The Kier molecular flexibility index (Phi) is 7.83. The molecule has 1 unspecified atom stereocenters. The fraction of sp³-hybridized carbons (Fsp3) is 0.600. The molecule has 0 aliphatic heterocycles. The van der Waals surface area contributed by atoms with E-state index in [9.17, 15) is 9.46 Å². The van der Waals surface area contributed by atoms with E-state index in [0.29, 0.717) is 0 Å². The molecule has 0 radical (unpaired) electrons. The Balaban J connectivity index is 3.00. The maximum Gasteiger partial charge on any atom is 0.317 e. The van der Waals surface area contributed by atoms with Crippen LogP contribution in [-0.4, -0.2) is 4.89 Å². The van der Waals surface area contributed by atoms with Crippen LogP contribution in [0.5, 0.6) is 0 Å². The van der Waals surface area contributed by atoms with Gasteiger partial charge in [-0.2, -0.15) is 0 Å². The van der Waals surface area contributed by atoms with E-state index in [1.807, 2.05) is 6.92 Å². The summed E-state index contributed by atoms with van der Waals surface area (Å²) in [5, 5.41) is 0. The SMILES string of the molecule is CC(C)(C)c1ccc(C(C)(O[PH](=O)O)c2ccc(C(C)(C)C)cc2C(C)(C)C)c(C(C)(C)C)c1. The minimum absolute atomic E-state index is 0.00875. The van der Waals surface area contributed by atoms with Crippen LogP contribution in [0, 0.1) is 0 Å². The molecule has 2 rings (SSSR count). The number of hydrogen-bond acceptors (Lipinski definition) is 2. The molecule has 1 N–H and O–H groups in total. The summed E-state index contributed by atoms with van der Waals surface area (Å²) in [4.78, 5) is 10.1. The fourth-order valence-corrected chi connectivity index (χ4v) is 5.09. The smallest absolute Gasteiger partial charge is 0.317 e. The molecule has 0 aliphatic rings. The van der Waals surface area contributed by atoms with Gasteiger partial charge in [-0.1, -0.05) is 119 Å². The van der Waals surface area contributed by atoms with Crippen LogP contribution >= 0.6 is 8.25 Å². The highest BCUT2D eigenvalue weighted by atomic mass is 31.1. The highest BCUT2D eigenvalue weighted by Gasteiger charge is 2.40. The van der Waals surface area contributed by atoms with Crippen LogP contribution in [0.1, 0.15) is 123 Å². The van der Waals surface area contributed by atoms with Gasteiger partial charge >= 0.3 is 8.25 Å². The molecule has 3 nitrogen and oxygen atoms in total. The van der Waals surface area contributed by atoms with Gasteiger partial charge in [0.05, 0.1) is 0 Å². The van der Waals surface area contributed by atoms with Crippen LogP contribution in [0.3, 0.4) is 0 Å². The lowest BCUT2D eigenvalue weighted by Crippen LogP contribution is -2.33. The van der Waals surface area contributed by atoms with Crippen molar-refractivity contribution < 1.29 is 14.0 Å². The maximum absolute atomic E-state index is 12.3. The molecule has 4 heteroatoms. The highest BCUT2D eigenvalue weighted by molar-refractivity contribution is 7.32. The van der Waals surface area contributed by atoms with Crippen molar-refractivity contribution in [3.8, 4) is 0 Å². The molecule has 34 heavy (non-hydrogen) atoms. The molecule has 0 amide bonds. The van der Waals surface area contributed by atoms with Crippen molar-refractivity contribution in [3.63, 3.8) is 0 Å². The Morgan fingerprint density at radius 1 is 0.559 bits per heavy atom. The summed E-state index contributed by atoms with van der Waals surface area (Å²) < 4.78 is 18.3. The molecule has 0 aliphatic carbocycles. The molecule has 0 saturated carbocycles. The van der Waals surface area contributed by atoms with E-state index in [2.05, 4.69) is 119 Å². The maximum atomic E-state index is 12.3. The zero-order chi connectivity index (χ0) is 26.5. The van der Waals surface area contributed by atoms with Crippen LogP contribution in [0.2, 0.25) is 0 Å². The minimum atomic E-state index is -3.23. The van der Waals surface area contributed by atoms with Crippen molar-refractivity contribution in [2.75, 3.05) is 0 Å². The van der Waals surface area contributed by atoms with Crippen molar-refractivity contribution in [1.29, 1.82) is 0 Å². The average molecular weight is 487 g/mol. The van der Waals surface area contributed by atoms with Gasteiger partial charge in [0.2, 0.25) is 0 Å². The van der Waals surface area contributed by atoms with Crippen LogP contribution in [0.4, 0.5) is 0 Å². The third kappa shape index (κ3) is 6.23. The van der Waals surface area contributed by atoms with Crippen molar-refractivity contribution in [1.82, 2.24) is 0 Å². The molecule has 190 valence electrons. The summed E-state index contributed by atoms with van der Waals surface area (Å²) >= 11 is 0. The molecule has 0 spiro atoms. The zero-order valence-corrected chi connectivity index (χ0v) is 24.7. The Bertz CT molecular complexity index is 979. The Hall–Kier alpha value is -1.41. The summed E-state index contributed by atoms with van der Waals surface area (Å²) in [6, 6.07) is 13.0. The largest absolute Gasteiger partial charge is 0.326 e. The summed E-state index contributed by atoms with van der Waals surface area (Å²) in [5.41, 5.74) is 5.15. The van der Waals surface area contributed by atoms with E-state index in [0.717, 1.165) is 22.3 Å². The van der Waals surface area contributed by atoms with Crippen LogP contribution < -0.4 is 0 Å². The van der Waals surface area contributed by atoms with Gasteiger partial charge in [0.1, 0.15) is 5.60 Å². The summed E-state index contributed by atoms with van der Waals surface area (Å²) in [7, 11) is -3.23. The molecular weight excluding hydrogens is 439 g/mol. The zero-order valence-electron chi connectivity index (χ0n) is 23.7. The summed E-state index contributed by atoms with van der Waals surface area (Å²) in [6.45, 7) is 28.3. The molecule has 1 atom stereocenters. The second-order valence-electron chi connectivity index (χ2n) is 13.9. The second kappa shape index (κ2) is 9.23. The van der Waals surface area contributed by atoms with Gasteiger partial charge < -0.3 is 4.89 Å². The molecule has 0 aromatic heterocycles. The lowest BCUT2D eigenvalue weighted by Gasteiger charge is -2.39. The monoisotopic (exact) mass is 486 g/mol. The molecule has 0 heterocycles. The second-order valence-corrected chi connectivity index (χ2v) is 14.7. The van der Waals surface area contributed by atoms with Gasteiger partial charge in [0, 0.05) is 0 Å². The quantitative estimate of drug-likeness (QED) is 0.440. The number of benzene rings is 2. The van der Waals surface area contributed by atoms with E-state index in [1.54, 1.807) is 0 Å². The first-order valence-corrected chi connectivity index (χ1v) is 13.6. The molecule has 2 aromatic rings. The number of rotatable bonds is 4. The first-order valence-electron chi connectivity index (χ1n) is 12.3. The lowest BCUT2D eigenvalue weighted by molar-refractivity contribution is 0.120. The lowest BCUT2D eigenvalue weighted by atomic mass is 9.70. The van der Waals surface area contributed by atoms with Crippen LogP contribution in [0.25, 0.3) is 0 Å². The van der Waals surface area contributed by atoms with E-state index in [4.69, 9.17) is 4.52 Å². The predicted octanol–water partition coefficient (Wildman–Crippen LogP) is 8.54. The van der Waals surface area contributed by atoms with Crippen molar-refractivity contribution >= 4 is 8.25 Å². The third-order valence-corrected chi connectivity index (χ3v) is 7.29. The van der Waals surface area contributed by atoms with Gasteiger partial charge in [-0.3, -0.25) is 9.09 Å². The molecule has 2 aromatic carbocycles. The highest BCUT2D eigenvalue weighted by Crippen LogP contribution is 2.48. The molecule has 0 fully saturated rings. The minimum Gasteiger partial charge on any atom is -0.326 e. The first kappa shape index (κ1) is 28.8. The summed E-state index contributed by atoms with van der Waals surface area (Å²) in [6.07, 6.45) is 0. The van der Waals surface area contributed by atoms with Crippen molar-refractivity contribution in [3.05, 3.63) is 69.8 Å². The van der Waals surface area contributed by atoms with Gasteiger partial charge in [-0.05, 0) is 62.0 Å². The standard InChI is InChI=1S/C30H47O3P/c1-26(2,3)20-14-16-22(24(18-20)28(7,8)9)30(13,33-34(31)32)23-17-15-21(27(4,5)6)19-25(23)29(10,11)12/h14-19,34H,1-13H3,(H,31,32). The van der Waals surface area contributed by atoms with Gasteiger partial charge in [-0.15, -0.1) is 0 Å². The molecular formula is C30H47O3P. The summed E-state index contributed by atoms with van der Waals surface area (Å²) in [5.74, 6) is 0. The van der Waals surface area contributed by atoms with Gasteiger partial charge in [-0.25, -0.2) is 0 Å². The topological polar surface area (TPSA) is 46.5 Å². The van der Waals surface area contributed by atoms with E-state index >= 15 is 0 Å². The van der Waals surface area contributed by atoms with Crippen molar-refractivity contribution in [2.45, 2.75) is 117 Å². The van der Waals surface area contributed by atoms with E-state index in [1.165, 1.54) is 11.1 Å².